The van der Waals surface area contributed by atoms with E-state index < -0.39 is 5.97 Å². The van der Waals surface area contributed by atoms with Crippen LogP contribution in [0.3, 0.4) is 0 Å². The Kier molecular flexibility index (Phi) is 5.42. The molecule has 0 aromatic rings. The van der Waals surface area contributed by atoms with Crippen LogP contribution in [0.5, 0.6) is 0 Å². The van der Waals surface area contributed by atoms with Crippen LogP contribution in [0.1, 0.15) is 12.8 Å². The average Bonchev–Trinajstić information content (AvgIpc) is 2.35. The van der Waals surface area contributed by atoms with Gasteiger partial charge in [0.05, 0.1) is 0 Å². The van der Waals surface area contributed by atoms with Gasteiger partial charge in [-0.05, 0) is 18.3 Å². The van der Waals surface area contributed by atoms with E-state index in [-0.39, 0.29) is 31.0 Å². The van der Waals surface area contributed by atoms with E-state index in [0.717, 1.165) is 0 Å². The number of rotatable bonds is 5. The maximum atomic E-state index is 11.7. The first-order valence-corrected chi connectivity index (χ1v) is 5.95. The van der Waals surface area contributed by atoms with Crippen molar-refractivity contribution in [1.29, 1.82) is 0 Å². The van der Waals surface area contributed by atoms with Crippen LogP contribution < -0.4 is 0 Å². The van der Waals surface area contributed by atoms with Crippen molar-refractivity contribution in [1.82, 2.24) is 4.90 Å². The highest BCUT2D eigenvalue weighted by molar-refractivity contribution is 5.68. The van der Waals surface area contributed by atoms with Gasteiger partial charge in [0, 0.05) is 19.5 Å². The Bertz CT molecular complexity index is 340. The summed E-state index contributed by atoms with van der Waals surface area (Å²) in [6, 6.07) is 0. The molecule has 1 fully saturated rings. The summed E-state index contributed by atoms with van der Waals surface area (Å²) in [5.41, 5.74) is 0. The number of amides is 1. The first-order chi connectivity index (χ1) is 8.58. The molecule has 1 amide bonds. The minimum Gasteiger partial charge on any atom is -0.481 e. The minimum atomic E-state index is -0.811. The summed E-state index contributed by atoms with van der Waals surface area (Å²) >= 11 is 0. The van der Waals surface area contributed by atoms with E-state index in [1.54, 1.807) is 11.0 Å². The van der Waals surface area contributed by atoms with Gasteiger partial charge >= 0.3 is 12.1 Å². The van der Waals surface area contributed by atoms with Gasteiger partial charge in [-0.2, -0.15) is 0 Å². The van der Waals surface area contributed by atoms with Crippen molar-refractivity contribution in [2.24, 2.45) is 11.8 Å². The van der Waals surface area contributed by atoms with Crippen molar-refractivity contribution < 1.29 is 19.4 Å². The Balaban J connectivity index is 2.54. The lowest BCUT2D eigenvalue weighted by Crippen LogP contribution is -2.44. The largest absolute Gasteiger partial charge is 0.481 e. The molecule has 1 N–H and O–H groups in total. The van der Waals surface area contributed by atoms with Crippen LogP contribution in [0.2, 0.25) is 0 Å². The first-order valence-electron chi connectivity index (χ1n) is 5.95. The zero-order valence-corrected chi connectivity index (χ0v) is 10.4. The molecule has 2 atom stereocenters. The van der Waals surface area contributed by atoms with Crippen molar-refractivity contribution in [2.75, 3.05) is 19.7 Å². The number of carboxylic acids is 1. The van der Waals surface area contributed by atoms with Crippen molar-refractivity contribution >= 4 is 12.1 Å². The molecule has 18 heavy (non-hydrogen) atoms. The second-order valence-electron chi connectivity index (χ2n) is 4.36. The number of likely N-dealkylation sites (tertiary alicyclic amines) is 1. The van der Waals surface area contributed by atoms with Gasteiger partial charge < -0.3 is 14.7 Å². The molecule has 0 bridgehead atoms. The number of nitrogens with zero attached hydrogens (tertiary/aromatic N) is 1. The zero-order chi connectivity index (χ0) is 13.5. The van der Waals surface area contributed by atoms with E-state index in [1.165, 1.54) is 6.08 Å². The molecule has 1 aliphatic rings. The smallest absolute Gasteiger partial charge is 0.410 e. The van der Waals surface area contributed by atoms with Crippen LogP contribution >= 0.6 is 0 Å². The van der Waals surface area contributed by atoms with Crippen molar-refractivity contribution in [3.8, 4) is 0 Å². The molecule has 0 aromatic heterocycles. The molecular weight excluding hydrogens is 234 g/mol. The lowest BCUT2D eigenvalue weighted by molar-refractivity contribution is -0.138. The topological polar surface area (TPSA) is 66.8 Å². The number of hydrogen-bond donors (Lipinski definition) is 1. The van der Waals surface area contributed by atoms with Crippen molar-refractivity contribution in [3.05, 3.63) is 25.3 Å². The molecule has 5 nitrogen and oxygen atoms in total. The summed E-state index contributed by atoms with van der Waals surface area (Å²) in [6.45, 7) is 8.37. The van der Waals surface area contributed by atoms with Gasteiger partial charge in [0.2, 0.25) is 0 Å². The van der Waals surface area contributed by atoms with Crippen LogP contribution in [-0.4, -0.2) is 41.8 Å². The molecule has 1 saturated heterocycles. The molecule has 0 spiro atoms. The average molecular weight is 253 g/mol. The third-order valence-corrected chi connectivity index (χ3v) is 3.13. The standard InChI is InChI=1S/C13H19NO4/c1-3-7-18-13(17)14-6-5-11(8-12(15)16)10(4-2)9-14/h3-4,10-11H,1-2,5-9H2,(H,15,16)/t10-,11-/m0/s1. The fraction of sp³-hybridized carbons (Fsp3) is 0.538. The number of hydrogen-bond acceptors (Lipinski definition) is 3. The van der Waals surface area contributed by atoms with Gasteiger partial charge in [-0.25, -0.2) is 4.79 Å². The van der Waals surface area contributed by atoms with Crippen LogP contribution in [0.25, 0.3) is 0 Å². The van der Waals surface area contributed by atoms with E-state index in [4.69, 9.17) is 9.84 Å². The second kappa shape index (κ2) is 6.83. The van der Waals surface area contributed by atoms with Gasteiger partial charge in [-0.1, -0.05) is 18.7 Å². The predicted octanol–water partition coefficient (Wildman–Crippen LogP) is 1.91. The molecule has 0 aromatic carbocycles. The number of carbonyl (C=O) groups excluding carboxylic acids is 1. The Morgan fingerprint density at radius 2 is 2.17 bits per heavy atom. The molecule has 0 saturated carbocycles. The predicted molar refractivity (Wildman–Crippen MR) is 67.2 cm³/mol. The highest BCUT2D eigenvalue weighted by Gasteiger charge is 2.31. The maximum Gasteiger partial charge on any atom is 0.410 e. The van der Waals surface area contributed by atoms with Crippen LogP contribution in [0.15, 0.2) is 25.3 Å². The molecule has 1 rings (SSSR count). The highest BCUT2D eigenvalue weighted by Crippen LogP contribution is 2.27. The fourth-order valence-corrected chi connectivity index (χ4v) is 2.16. The molecule has 0 radical (unpaired) electrons. The Morgan fingerprint density at radius 3 is 2.72 bits per heavy atom. The van der Waals surface area contributed by atoms with E-state index >= 15 is 0 Å². The maximum absolute atomic E-state index is 11.7. The molecule has 100 valence electrons. The van der Waals surface area contributed by atoms with E-state index in [1.807, 2.05) is 0 Å². The second-order valence-corrected chi connectivity index (χ2v) is 4.36. The van der Waals surface area contributed by atoms with Crippen molar-refractivity contribution in [3.63, 3.8) is 0 Å². The van der Waals surface area contributed by atoms with Gasteiger partial charge in [0.1, 0.15) is 6.61 Å². The number of carboxylic acid groups (broad SMARTS) is 1. The molecule has 0 unspecified atom stereocenters. The summed E-state index contributed by atoms with van der Waals surface area (Å²) in [4.78, 5) is 24.0. The number of piperidine rings is 1. The third-order valence-electron chi connectivity index (χ3n) is 3.13. The zero-order valence-electron chi connectivity index (χ0n) is 10.4. The first kappa shape index (κ1) is 14.3. The van der Waals surface area contributed by atoms with Gasteiger partial charge in [0.25, 0.3) is 0 Å². The summed E-state index contributed by atoms with van der Waals surface area (Å²) in [7, 11) is 0. The molecule has 1 heterocycles. The SMILES string of the molecule is C=CCOC(=O)N1CC[C@@H](CC(=O)O)[C@@H](C=C)C1. The number of carbonyl (C=O) groups is 2. The van der Waals surface area contributed by atoms with E-state index in [2.05, 4.69) is 13.2 Å². The Labute approximate surface area is 107 Å². The summed E-state index contributed by atoms with van der Waals surface area (Å²) < 4.78 is 4.96. The quantitative estimate of drug-likeness (QED) is 0.760. The third kappa shape index (κ3) is 3.91. The van der Waals surface area contributed by atoms with Gasteiger partial charge in [-0.3, -0.25) is 4.79 Å². The summed E-state index contributed by atoms with van der Waals surface area (Å²) in [5.74, 6) is -0.760. The molecular formula is C13H19NO4. The lowest BCUT2D eigenvalue weighted by Gasteiger charge is -2.35. The summed E-state index contributed by atoms with van der Waals surface area (Å²) in [5, 5.41) is 8.82. The Hall–Kier alpha value is -1.78. The normalized spacial score (nSPS) is 23.2. The van der Waals surface area contributed by atoms with E-state index in [0.29, 0.717) is 19.5 Å². The van der Waals surface area contributed by atoms with Crippen LogP contribution in [0, 0.1) is 11.8 Å². The monoisotopic (exact) mass is 253 g/mol. The van der Waals surface area contributed by atoms with Gasteiger partial charge in [0.15, 0.2) is 0 Å². The fourth-order valence-electron chi connectivity index (χ4n) is 2.16. The molecule has 1 aliphatic heterocycles. The summed E-state index contributed by atoms with van der Waals surface area (Å²) in [6.07, 6.45) is 3.63. The Morgan fingerprint density at radius 1 is 1.44 bits per heavy atom. The number of ether oxygens (including phenoxy) is 1. The minimum absolute atomic E-state index is 0.00568. The van der Waals surface area contributed by atoms with Crippen molar-refractivity contribution in [2.45, 2.75) is 12.8 Å². The number of aliphatic carboxylic acids is 1. The van der Waals surface area contributed by atoms with E-state index in [9.17, 15) is 9.59 Å². The van der Waals surface area contributed by atoms with Crippen LogP contribution in [-0.2, 0) is 9.53 Å². The van der Waals surface area contributed by atoms with Crippen LogP contribution in [0.4, 0.5) is 4.79 Å². The van der Waals surface area contributed by atoms with Gasteiger partial charge in [-0.15, -0.1) is 6.58 Å². The molecule has 0 aliphatic carbocycles. The molecule has 5 heteroatoms. The highest BCUT2D eigenvalue weighted by atomic mass is 16.6. The lowest BCUT2D eigenvalue weighted by atomic mass is 9.83.